The van der Waals surface area contributed by atoms with E-state index in [2.05, 4.69) is 26.4 Å². The topological polar surface area (TPSA) is 38.1 Å². The maximum Gasteiger partial charge on any atom is 0.150 e. The normalized spacial score (nSPS) is 10.8. The van der Waals surface area contributed by atoms with Crippen molar-refractivity contribution in [2.75, 3.05) is 0 Å². The average Bonchev–Trinajstić information content (AvgIpc) is 2.70. The summed E-state index contributed by atoms with van der Waals surface area (Å²) in [6.07, 6.45) is 0. The van der Waals surface area contributed by atoms with Gasteiger partial charge in [0.1, 0.15) is 5.82 Å². The summed E-state index contributed by atoms with van der Waals surface area (Å²) in [5, 5.41) is 7.00. The minimum atomic E-state index is -0.250. The smallest absolute Gasteiger partial charge is 0.150 e. The molecule has 2 aromatic rings. The van der Waals surface area contributed by atoms with Crippen LogP contribution < -0.4 is 5.32 Å². The molecule has 0 saturated heterocycles. The molecule has 3 nitrogen and oxygen atoms in total. The van der Waals surface area contributed by atoms with Crippen LogP contribution in [0.1, 0.15) is 17.0 Å². The van der Waals surface area contributed by atoms with Gasteiger partial charge in [0.25, 0.3) is 0 Å². The van der Waals surface area contributed by atoms with Crippen molar-refractivity contribution in [3.8, 4) is 0 Å². The SMILES string of the molecule is Cc1cc(CNCc2ccc(F)c(Br)c2)on1. The predicted molar refractivity (Wildman–Crippen MR) is 65.9 cm³/mol. The van der Waals surface area contributed by atoms with Crippen molar-refractivity contribution in [1.29, 1.82) is 0 Å². The van der Waals surface area contributed by atoms with Gasteiger partial charge in [0.15, 0.2) is 5.76 Å². The molecule has 0 atom stereocenters. The fourth-order valence-corrected chi connectivity index (χ4v) is 1.91. The molecule has 90 valence electrons. The molecule has 0 amide bonds. The molecule has 0 aliphatic carbocycles. The van der Waals surface area contributed by atoms with Crippen LogP contribution >= 0.6 is 15.9 Å². The molecule has 1 N–H and O–H groups in total. The molecule has 1 heterocycles. The third kappa shape index (κ3) is 3.38. The van der Waals surface area contributed by atoms with E-state index in [1.807, 2.05) is 13.0 Å². The zero-order chi connectivity index (χ0) is 12.3. The molecule has 1 aromatic carbocycles. The Morgan fingerprint density at radius 3 is 2.82 bits per heavy atom. The quantitative estimate of drug-likeness (QED) is 0.942. The second-order valence-electron chi connectivity index (χ2n) is 3.79. The molecule has 0 fully saturated rings. The number of aryl methyl sites for hydroxylation is 1. The monoisotopic (exact) mass is 298 g/mol. The zero-order valence-corrected chi connectivity index (χ0v) is 10.9. The maximum absolute atomic E-state index is 13.0. The first-order chi connectivity index (χ1) is 8.15. The third-order valence-corrected chi connectivity index (χ3v) is 2.90. The van der Waals surface area contributed by atoms with E-state index in [0.717, 1.165) is 17.0 Å². The molecule has 0 saturated carbocycles. The number of benzene rings is 1. The molecule has 0 bridgehead atoms. The zero-order valence-electron chi connectivity index (χ0n) is 9.34. The van der Waals surface area contributed by atoms with Gasteiger partial charge in [-0.05, 0) is 40.5 Å². The van der Waals surface area contributed by atoms with Crippen LogP contribution in [0.25, 0.3) is 0 Å². The minimum absolute atomic E-state index is 0.250. The van der Waals surface area contributed by atoms with Crippen LogP contribution in [-0.2, 0) is 13.1 Å². The molecule has 1 aromatic heterocycles. The number of halogens is 2. The standard InChI is InChI=1S/C12H12BrFN2O/c1-8-4-10(17-16-8)7-15-6-9-2-3-12(14)11(13)5-9/h2-5,15H,6-7H2,1H3. The van der Waals surface area contributed by atoms with E-state index >= 15 is 0 Å². The van der Waals surface area contributed by atoms with E-state index in [1.165, 1.54) is 6.07 Å². The number of hydrogen-bond donors (Lipinski definition) is 1. The fraction of sp³-hybridized carbons (Fsp3) is 0.250. The summed E-state index contributed by atoms with van der Waals surface area (Å²) in [5.41, 5.74) is 1.88. The summed E-state index contributed by atoms with van der Waals surface area (Å²) in [7, 11) is 0. The molecule has 17 heavy (non-hydrogen) atoms. The second-order valence-corrected chi connectivity index (χ2v) is 4.64. The predicted octanol–water partition coefficient (Wildman–Crippen LogP) is 3.17. The van der Waals surface area contributed by atoms with Gasteiger partial charge in [0.05, 0.1) is 16.7 Å². The molecule has 0 aliphatic rings. The lowest BCUT2D eigenvalue weighted by molar-refractivity contribution is 0.369. The number of rotatable bonds is 4. The molecular weight excluding hydrogens is 287 g/mol. The highest BCUT2D eigenvalue weighted by Crippen LogP contribution is 2.16. The van der Waals surface area contributed by atoms with Gasteiger partial charge in [0.2, 0.25) is 0 Å². The Hall–Kier alpha value is -1.20. The highest BCUT2D eigenvalue weighted by atomic mass is 79.9. The molecule has 5 heteroatoms. The molecule has 0 aliphatic heterocycles. The van der Waals surface area contributed by atoms with E-state index in [9.17, 15) is 4.39 Å². The van der Waals surface area contributed by atoms with Gasteiger partial charge in [-0.25, -0.2) is 4.39 Å². The summed E-state index contributed by atoms with van der Waals surface area (Å²) in [6.45, 7) is 3.14. The molecule has 0 unspecified atom stereocenters. The van der Waals surface area contributed by atoms with Crippen LogP contribution in [0.3, 0.4) is 0 Å². The van der Waals surface area contributed by atoms with Crippen molar-refractivity contribution in [2.45, 2.75) is 20.0 Å². The fourth-order valence-electron chi connectivity index (χ4n) is 1.48. The van der Waals surface area contributed by atoms with Crippen LogP contribution in [-0.4, -0.2) is 5.16 Å². The van der Waals surface area contributed by atoms with Gasteiger partial charge in [-0.1, -0.05) is 11.2 Å². The molecule has 0 radical (unpaired) electrons. The van der Waals surface area contributed by atoms with Gasteiger partial charge in [-0.15, -0.1) is 0 Å². The van der Waals surface area contributed by atoms with E-state index in [1.54, 1.807) is 12.1 Å². The summed E-state index contributed by atoms with van der Waals surface area (Å²) in [5.74, 6) is 0.545. The van der Waals surface area contributed by atoms with Gasteiger partial charge in [-0.2, -0.15) is 0 Å². The minimum Gasteiger partial charge on any atom is -0.360 e. The Kier molecular flexibility index (Phi) is 3.91. The summed E-state index contributed by atoms with van der Waals surface area (Å²) in [6, 6.07) is 6.83. The van der Waals surface area contributed by atoms with E-state index in [-0.39, 0.29) is 5.82 Å². The van der Waals surface area contributed by atoms with Gasteiger partial charge < -0.3 is 9.84 Å². The summed E-state index contributed by atoms with van der Waals surface area (Å²) < 4.78 is 18.5. The lowest BCUT2D eigenvalue weighted by Crippen LogP contribution is -2.12. The Bertz CT molecular complexity index is 513. The number of aromatic nitrogens is 1. The number of nitrogens with zero attached hydrogens (tertiary/aromatic N) is 1. The van der Waals surface area contributed by atoms with Crippen molar-refractivity contribution in [1.82, 2.24) is 10.5 Å². The van der Waals surface area contributed by atoms with E-state index < -0.39 is 0 Å². The van der Waals surface area contributed by atoms with Gasteiger partial charge in [0, 0.05) is 12.6 Å². The van der Waals surface area contributed by atoms with Crippen LogP contribution in [0.15, 0.2) is 33.3 Å². The number of hydrogen-bond acceptors (Lipinski definition) is 3. The van der Waals surface area contributed by atoms with Crippen LogP contribution in [0.5, 0.6) is 0 Å². The first-order valence-corrected chi connectivity index (χ1v) is 6.01. The van der Waals surface area contributed by atoms with Crippen LogP contribution in [0.2, 0.25) is 0 Å². The summed E-state index contributed by atoms with van der Waals surface area (Å²) >= 11 is 3.15. The van der Waals surface area contributed by atoms with Crippen molar-refractivity contribution < 1.29 is 8.91 Å². The Morgan fingerprint density at radius 1 is 1.35 bits per heavy atom. The molecular formula is C12H12BrFN2O. The van der Waals surface area contributed by atoms with Crippen LogP contribution in [0.4, 0.5) is 4.39 Å². The Labute approximate surface area is 107 Å². The van der Waals surface area contributed by atoms with Crippen molar-refractivity contribution >= 4 is 15.9 Å². The lowest BCUT2D eigenvalue weighted by atomic mass is 10.2. The van der Waals surface area contributed by atoms with Crippen molar-refractivity contribution in [3.63, 3.8) is 0 Å². The second kappa shape index (κ2) is 5.42. The maximum atomic E-state index is 13.0. The van der Waals surface area contributed by atoms with Crippen molar-refractivity contribution in [3.05, 3.63) is 51.6 Å². The van der Waals surface area contributed by atoms with E-state index in [0.29, 0.717) is 17.6 Å². The first-order valence-electron chi connectivity index (χ1n) is 5.22. The highest BCUT2D eigenvalue weighted by Gasteiger charge is 2.02. The average molecular weight is 299 g/mol. The third-order valence-electron chi connectivity index (χ3n) is 2.29. The van der Waals surface area contributed by atoms with E-state index in [4.69, 9.17) is 4.52 Å². The highest BCUT2D eigenvalue weighted by molar-refractivity contribution is 9.10. The lowest BCUT2D eigenvalue weighted by Gasteiger charge is -2.03. The number of nitrogens with one attached hydrogen (secondary N) is 1. The van der Waals surface area contributed by atoms with Gasteiger partial charge in [-0.3, -0.25) is 0 Å². The largest absolute Gasteiger partial charge is 0.360 e. The van der Waals surface area contributed by atoms with Crippen molar-refractivity contribution in [2.24, 2.45) is 0 Å². The molecule has 2 rings (SSSR count). The Morgan fingerprint density at radius 2 is 2.18 bits per heavy atom. The van der Waals surface area contributed by atoms with Gasteiger partial charge >= 0.3 is 0 Å². The first kappa shape index (κ1) is 12.3. The molecule has 0 spiro atoms. The van der Waals surface area contributed by atoms with Crippen LogP contribution in [0, 0.1) is 12.7 Å². The summed E-state index contributed by atoms with van der Waals surface area (Å²) in [4.78, 5) is 0. The Balaban J connectivity index is 1.87.